The van der Waals surface area contributed by atoms with Crippen LogP contribution in [0.5, 0.6) is 0 Å². The Balaban J connectivity index is 1.72. The van der Waals surface area contributed by atoms with E-state index < -0.39 is 23.1 Å². The molecular formula is C24H20F2N4O2. The summed E-state index contributed by atoms with van der Waals surface area (Å²) in [5, 5.41) is 17.2. The third-order valence-corrected chi connectivity index (χ3v) is 5.80. The summed E-state index contributed by atoms with van der Waals surface area (Å²) in [6.45, 7) is 4.57. The van der Waals surface area contributed by atoms with Crippen LogP contribution in [0.25, 0.3) is 10.9 Å². The van der Waals surface area contributed by atoms with E-state index in [1.54, 1.807) is 36.5 Å². The average Bonchev–Trinajstić information content (AvgIpc) is 3.21. The van der Waals surface area contributed by atoms with Crippen LogP contribution in [0.15, 0.2) is 60.8 Å². The Morgan fingerprint density at radius 1 is 1.00 bits per heavy atom. The summed E-state index contributed by atoms with van der Waals surface area (Å²) in [6, 6.07) is 14.5. The molecule has 0 saturated heterocycles. The van der Waals surface area contributed by atoms with Gasteiger partial charge in [-0.2, -0.15) is 5.10 Å². The number of halogens is 2. The van der Waals surface area contributed by atoms with E-state index in [1.165, 1.54) is 6.07 Å². The highest BCUT2D eigenvalue weighted by atomic mass is 19.2. The SMILES string of the molecule is CC1(C)CN(c2ccc(C(=O)O)cc2)c2cc3[nH]ncc3cc2N1c1ccc(F)c(F)c1. The predicted molar refractivity (Wildman–Crippen MR) is 119 cm³/mol. The molecule has 1 aliphatic heterocycles. The van der Waals surface area contributed by atoms with Crippen LogP contribution in [-0.2, 0) is 0 Å². The molecule has 0 spiro atoms. The van der Waals surface area contributed by atoms with Gasteiger partial charge in [0.25, 0.3) is 0 Å². The molecule has 2 N–H and O–H groups in total. The first-order valence-corrected chi connectivity index (χ1v) is 10.1. The second kappa shape index (κ2) is 7.05. The summed E-state index contributed by atoms with van der Waals surface area (Å²) in [7, 11) is 0. The molecule has 0 fully saturated rings. The Morgan fingerprint density at radius 2 is 1.72 bits per heavy atom. The number of benzene rings is 3. The van der Waals surface area contributed by atoms with Gasteiger partial charge in [0.1, 0.15) is 0 Å². The number of aromatic amines is 1. The van der Waals surface area contributed by atoms with Gasteiger partial charge in [0.2, 0.25) is 0 Å². The van der Waals surface area contributed by atoms with Crippen molar-refractivity contribution in [3.05, 3.63) is 78.0 Å². The summed E-state index contributed by atoms with van der Waals surface area (Å²) in [5.41, 5.74) is 3.54. The number of nitrogens with one attached hydrogen (secondary N) is 1. The van der Waals surface area contributed by atoms with Gasteiger partial charge in [-0.3, -0.25) is 5.10 Å². The molecule has 0 atom stereocenters. The number of aromatic nitrogens is 2. The first-order valence-electron chi connectivity index (χ1n) is 10.1. The number of fused-ring (bicyclic) bond motifs is 2. The van der Waals surface area contributed by atoms with Crippen LogP contribution in [0.4, 0.5) is 31.5 Å². The third kappa shape index (κ3) is 3.15. The fraction of sp³-hybridized carbons (Fsp3) is 0.167. The van der Waals surface area contributed by atoms with Crippen LogP contribution < -0.4 is 9.80 Å². The maximum absolute atomic E-state index is 14.1. The maximum atomic E-state index is 14.1. The highest BCUT2D eigenvalue weighted by Crippen LogP contribution is 2.48. The van der Waals surface area contributed by atoms with Crippen LogP contribution in [0.3, 0.4) is 0 Å². The standard InChI is InChI=1S/C24H20F2N4O2/c1-24(2)13-29(16-5-3-14(4-6-16)23(31)32)21-11-20-15(12-27-28-20)9-22(21)30(24)17-7-8-18(25)19(26)10-17/h3-12H,13H2,1-2H3,(H,27,28)(H,31,32). The Bertz CT molecular complexity index is 1350. The topological polar surface area (TPSA) is 72.5 Å². The normalized spacial score (nSPS) is 15.1. The number of carboxylic acid groups (broad SMARTS) is 1. The molecule has 0 bridgehead atoms. The van der Waals surface area contributed by atoms with Crippen molar-refractivity contribution in [2.75, 3.05) is 16.3 Å². The molecule has 0 aliphatic carbocycles. The Hall–Kier alpha value is -3.94. The number of hydrogen-bond donors (Lipinski definition) is 2. The average molecular weight is 434 g/mol. The van der Waals surface area contributed by atoms with Gasteiger partial charge in [-0.1, -0.05) is 0 Å². The number of nitrogens with zero attached hydrogens (tertiary/aromatic N) is 3. The van der Waals surface area contributed by atoms with E-state index in [4.69, 9.17) is 0 Å². The minimum Gasteiger partial charge on any atom is -0.478 e. The minimum atomic E-state index is -0.986. The fourth-order valence-electron chi connectivity index (χ4n) is 4.36. The number of H-pyrrole nitrogens is 1. The summed E-state index contributed by atoms with van der Waals surface area (Å²) in [6.07, 6.45) is 1.71. The van der Waals surface area contributed by atoms with Gasteiger partial charge in [-0.15, -0.1) is 0 Å². The molecule has 0 radical (unpaired) electrons. The molecule has 4 aromatic rings. The molecule has 32 heavy (non-hydrogen) atoms. The van der Waals surface area contributed by atoms with E-state index >= 15 is 0 Å². The van der Waals surface area contributed by atoms with E-state index in [9.17, 15) is 18.7 Å². The van der Waals surface area contributed by atoms with Crippen molar-refractivity contribution in [3.8, 4) is 0 Å². The van der Waals surface area contributed by atoms with Crippen LogP contribution in [0, 0.1) is 11.6 Å². The molecule has 0 amide bonds. The van der Waals surface area contributed by atoms with Crippen molar-refractivity contribution in [2.45, 2.75) is 19.4 Å². The van der Waals surface area contributed by atoms with Crippen molar-refractivity contribution < 1.29 is 18.7 Å². The van der Waals surface area contributed by atoms with Gasteiger partial charge in [-0.25, -0.2) is 13.6 Å². The van der Waals surface area contributed by atoms with Crippen molar-refractivity contribution in [1.29, 1.82) is 0 Å². The lowest BCUT2D eigenvalue weighted by atomic mass is 9.93. The van der Waals surface area contributed by atoms with E-state index in [-0.39, 0.29) is 5.56 Å². The maximum Gasteiger partial charge on any atom is 0.335 e. The number of carboxylic acids is 1. The fourth-order valence-corrected chi connectivity index (χ4v) is 4.36. The van der Waals surface area contributed by atoms with Gasteiger partial charge < -0.3 is 14.9 Å². The molecule has 0 saturated carbocycles. The second-order valence-corrected chi connectivity index (χ2v) is 8.48. The number of hydrogen-bond acceptors (Lipinski definition) is 4. The van der Waals surface area contributed by atoms with Crippen LogP contribution in [0.1, 0.15) is 24.2 Å². The zero-order chi connectivity index (χ0) is 22.6. The van der Waals surface area contributed by atoms with Crippen LogP contribution in [0.2, 0.25) is 0 Å². The molecule has 8 heteroatoms. The quantitative estimate of drug-likeness (QED) is 0.439. The van der Waals surface area contributed by atoms with Crippen molar-refractivity contribution >= 4 is 39.6 Å². The van der Waals surface area contributed by atoms with Crippen molar-refractivity contribution in [3.63, 3.8) is 0 Å². The molecule has 6 nitrogen and oxygen atoms in total. The lowest BCUT2D eigenvalue weighted by molar-refractivity contribution is 0.0697. The molecule has 1 aromatic heterocycles. The number of carbonyl (C=O) groups is 1. The predicted octanol–water partition coefficient (Wildman–Crippen LogP) is 5.61. The molecule has 0 unspecified atom stereocenters. The van der Waals surface area contributed by atoms with Crippen LogP contribution >= 0.6 is 0 Å². The zero-order valence-electron chi connectivity index (χ0n) is 17.4. The smallest absolute Gasteiger partial charge is 0.335 e. The Kier molecular flexibility index (Phi) is 4.40. The zero-order valence-corrected chi connectivity index (χ0v) is 17.4. The first-order chi connectivity index (χ1) is 15.2. The molecule has 5 rings (SSSR count). The highest BCUT2D eigenvalue weighted by molar-refractivity contribution is 5.96. The molecule has 2 heterocycles. The summed E-state index contributed by atoms with van der Waals surface area (Å²) in [5.74, 6) is -2.79. The van der Waals surface area contributed by atoms with Gasteiger partial charge in [0.15, 0.2) is 11.6 Å². The summed E-state index contributed by atoms with van der Waals surface area (Å²) in [4.78, 5) is 15.4. The number of anilines is 4. The molecule has 1 aliphatic rings. The van der Waals surface area contributed by atoms with Gasteiger partial charge >= 0.3 is 5.97 Å². The number of rotatable bonds is 3. The Morgan fingerprint density at radius 3 is 2.41 bits per heavy atom. The Labute approximate surface area is 182 Å². The minimum absolute atomic E-state index is 0.206. The highest BCUT2D eigenvalue weighted by Gasteiger charge is 2.39. The van der Waals surface area contributed by atoms with E-state index in [0.29, 0.717) is 12.2 Å². The lowest BCUT2D eigenvalue weighted by Gasteiger charge is -2.50. The monoisotopic (exact) mass is 434 g/mol. The van der Waals surface area contributed by atoms with Crippen molar-refractivity contribution in [1.82, 2.24) is 10.2 Å². The van der Waals surface area contributed by atoms with Gasteiger partial charge in [0.05, 0.1) is 34.2 Å². The van der Waals surface area contributed by atoms with E-state index in [2.05, 4.69) is 15.1 Å². The molecule has 162 valence electrons. The number of aromatic carboxylic acids is 1. The second-order valence-electron chi connectivity index (χ2n) is 8.48. The van der Waals surface area contributed by atoms with Crippen LogP contribution in [-0.4, -0.2) is 33.4 Å². The lowest BCUT2D eigenvalue weighted by Crippen LogP contribution is -2.52. The third-order valence-electron chi connectivity index (χ3n) is 5.80. The van der Waals surface area contributed by atoms with Gasteiger partial charge in [0, 0.05) is 29.4 Å². The summed E-state index contributed by atoms with van der Waals surface area (Å²) >= 11 is 0. The van der Waals surface area contributed by atoms with E-state index in [1.807, 2.05) is 30.9 Å². The van der Waals surface area contributed by atoms with E-state index in [0.717, 1.165) is 34.0 Å². The first kappa shape index (κ1) is 20.0. The van der Waals surface area contributed by atoms with Gasteiger partial charge in [-0.05, 0) is 62.4 Å². The van der Waals surface area contributed by atoms with Crippen molar-refractivity contribution in [2.24, 2.45) is 0 Å². The molecular weight excluding hydrogens is 414 g/mol. The summed E-state index contributed by atoms with van der Waals surface area (Å²) < 4.78 is 27.8. The molecule has 3 aromatic carbocycles. The largest absolute Gasteiger partial charge is 0.478 e.